The van der Waals surface area contributed by atoms with Crippen molar-refractivity contribution < 1.29 is 0 Å². The second kappa shape index (κ2) is 6.04. The first kappa shape index (κ1) is 15.0. The summed E-state index contributed by atoms with van der Waals surface area (Å²) in [6.07, 6.45) is 1.67. The lowest BCUT2D eigenvalue weighted by molar-refractivity contribution is 1.26. The molecule has 0 fully saturated rings. The number of rotatable bonds is 4. The molecule has 0 atom stereocenters. The van der Waals surface area contributed by atoms with Crippen LogP contribution in [0.5, 0.6) is 0 Å². The van der Waals surface area contributed by atoms with E-state index in [2.05, 4.69) is 33.6 Å². The second-order valence-corrected chi connectivity index (χ2v) is 6.17. The quantitative estimate of drug-likeness (QED) is 0.655. The van der Waals surface area contributed by atoms with E-state index >= 15 is 0 Å². The Balaban J connectivity index is 2.16. The Kier molecular flexibility index (Phi) is 4.11. The first-order chi connectivity index (χ1) is 10.6. The molecule has 0 aliphatic rings. The molecule has 1 aromatic carbocycles. The molecule has 0 bridgehead atoms. The maximum atomic E-state index is 6.25. The van der Waals surface area contributed by atoms with E-state index in [-0.39, 0.29) is 0 Å². The number of thiazole rings is 1. The number of pyridine rings is 1. The normalized spacial score (nSPS) is 10.6. The largest absolute Gasteiger partial charge is 0.324 e. The summed E-state index contributed by atoms with van der Waals surface area (Å²) in [5.74, 6) is 1.05. The summed E-state index contributed by atoms with van der Waals surface area (Å²) < 4.78 is 0.873. The minimum atomic E-state index is 0.422. The molecule has 0 saturated carbocycles. The second-order valence-electron chi connectivity index (χ2n) is 4.35. The fourth-order valence-corrected chi connectivity index (χ4v) is 3.70. The predicted molar refractivity (Wildman–Crippen MR) is 95.2 cm³/mol. The van der Waals surface area contributed by atoms with Gasteiger partial charge in [0.15, 0.2) is 5.82 Å². The number of anilines is 1. The molecule has 0 aliphatic heterocycles. The van der Waals surface area contributed by atoms with Crippen molar-refractivity contribution in [2.75, 3.05) is 5.32 Å². The van der Waals surface area contributed by atoms with Crippen molar-refractivity contribution in [3.63, 3.8) is 0 Å². The van der Waals surface area contributed by atoms with Gasteiger partial charge in [-0.15, -0.1) is 11.3 Å². The van der Waals surface area contributed by atoms with Gasteiger partial charge < -0.3 is 5.32 Å². The molecule has 22 heavy (non-hydrogen) atoms. The van der Waals surface area contributed by atoms with Crippen LogP contribution < -0.4 is 5.32 Å². The summed E-state index contributed by atoms with van der Waals surface area (Å²) in [6.45, 7) is 7.16. The SMILES string of the molecule is C=NC(=C)Nc1nccc2nc(-c3c(Cl)cccc3Cl)sc12. The highest BCUT2D eigenvalue weighted by Crippen LogP contribution is 2.40. The van der Waals surface area contributed by atoms with Gasteiger partial charge in [0, 0.05) is 11.8 Å². The maximum Gasteiger partial charge on any atom is 0.151 e. The zero-order chi connectivity index (χ0) is 15.7. The highest BCUT2D eigenvalue weighted by molar-refractivity contribution is 7.22. The Bertz CT molecular complexity index is 868. The van der Waals surface area contributed by atoms with E-state index in [0.29, 0.717) is 21.7 Å². The van der Waals surface area contributed by atoms with Crippen molar-refractivity contribution in [3.8, 4) is 10.6 Å². The van der Waals surface area contributed by atoms with E-state index in [9.17, 15) is 0 Å². The smallest absolute Gasteiger partial charge is 0.151 e. The number of hydrogen-bond donors (Lipinski definition) is 1. The molecule has 0 amide bonds. The summed E-state index contributed by atoms with van der Waals surface area (Å²) in [4.78, 5) is 12.6. The molecule has 2 aromatic heterocycles. The third-order valence-corrected chi connectivity index (χ3v) is 4.66. The molecule has 0 saturated heterocycles. The van der Waals surface area contributed by atoms with Gasteiger partial charge in [-0.1, -0.05) is 35.8 Å². The van der Waals surface area contributed by atoms with Crippen molar-refractivity contribution in [1.29, 1.82) is 0 Å². The Hall–Kier alpha value is -1.95. The minimum absolute atomic E-state index is 0.422. The van der Waals surface area contributed by atoms with Gasteiger partial charge in [-0.2, -0.15) is 0 Å². The number of fused-ring (bicyclic) bond motifs is 1. The minimum Gasteiger partial charge on any atom is -0.324 e. The molecule has 0 unspecified atom stereocenters. The topological polar surface area (TPSA) is 50.2 Å². The average Bonchev–Trinajstić information content (AvgIpc) is 2.91. The van der Waals surface area contributed by atoms with Crippen molar-refractivity contribution in [1.82, 2.24) is 9.97 Å². The van der Waals surface area contributed by atoms with Gasteiger partial charge >= 0.3 is 0 Å². The van der Waals surface area contributed by atoms with Crippen molar-refractivity contribution in [2.24, 2.45) is 4.99 Å². The summed E-state index contributed by atoms with van der Waals surface area (Å²) in [6, 6.07) is 7.20. The van der Waals surface area contributed by atoms with Crippen LogP contribution >= 0.6 is 34.5 Å². The average molecular weight is 349 g/mol. The van der Waals surface area contributed by atoms with Gasteiger partial charge in [0.2, 0.25) is 0 Å². The summed E-state index contributed by atoms with van der Waals surface area (Å²) in [5, 5.41) is 4.86. The number of nitrogens with zero attached hydrogens (tertiary/aromatic N) is 3. The molecule has 110 valence electrons. The van der Waals surface area contributed by atoms with Crippen molar-refractivity contribution in [3.05, 3.63) is 52.9 Å². The number of aliphatic imine (C=N–C) groups is 1. The third kappa shape index (κ3) is 2.70. The highest BCUT2D eigenvalue weighted by Gasteiger charge is 2.15. The first-order valence-corrected chi connectivity index (χ1v) is 7.80. The van der Waals surface area contributed by atoms with E-state index < -0.39 is 0 Å². The number of nitrogens with one attached hydrogen (secondary N) is 1. The van der Waals surface area contributed by atoms with E-state index in [1.165, 1.54) is 11.3 Å². The van der Waals surface area contributed by atoms with Crippen LogP contribution in [-0.2, 0) is 0 Å². The lowest BCUT2D eigenvalue weighted by Gasteiger charge is -2.03. The van der Waals surface area contributed by atoms with Crippen LogP contribution in [0, 0.1) is 0 Å². The molecule has 3 aromatic rings. The van der Waals surface area contributed by atoms with Gasteiger partial charge in [0.25, 0.3) is 0 Å². The predicted octanol–water partition coefficient (Wildman–Crippen LogP) is 5.25. The zero-order valence-electron chi connectivity index (χ0n) is 11.3. The third-order valence-electron chi connectivity index (χ3n) is 2.93. The van der Waals surface area contributed by atoms with Gasteiger partial charge in [0.1, 0.15) is 10.8 Å². The monoisotopic (exact) mass is 348 g/mol. The van der Waals surface area contributed by atoms with E-state index in [1.54, 1.807) is 24.4 Å². The van der Waals surface area contributed by atoms with Crippen molar-refractivity contribution in [2.45, 2.75) is 0 Å². The Morgan fingerprint density at radius 3 is 2.64 bits per heavy atom. The summed E-state index contributed by atoms with van der Waals surface area (Å²) >= 11 is 14.0. The molecule has 4 nitrogen and oxygen atoms in total. The molecule has 2 heterocycles. The lowest BCUT2D eigenvalue weighted by Crippen LogP contribution is -1.97. The van der Waals surface area contributed by atoms with Crippen LogP contribution in [0.1, 0.15) is 0 Å². The number of halogens is 2. The molecule has 0 radical (unpaired) electrons. The summed E-state index contributed by atoms with van der Waals surface area (Å²) in [5.41, 5.74) is 1.52. The zero-order valence-corrected chi connectivity index (χ0v) is 13.6. The van der Waals surface area contributed by atoms with Crippen LogP contribution in [-0.4, -0.2) is 16.7 Å². The van der Waals surface area contributed by atoms with Crippen LogP contribution in [0.3, 0.4) is 0 Å². The summed E-state index contributed by atoms with van der Waals surface area (Å²) in [7, 11) is 0. The molecule has 0 aliphatic carbocycles. The van der Waals surface area contributed by atoms with E-state index in [4.69, 9.17) is 23.2 Å². The van der Waals surface area contributed by atoms with E-state index in [1.807, 2.05) is 6.07 Å². The highest BCUT2D eigenvalue weighted by atomic mass is 35.5. The van der Waals surface area contributed by atoms with Crippen LogP contribution in [0.15, 0.2) is 47.9 Å². The van der Waals surface area contributed by atoms with Gasteiger partial charge in [0.05, 0.1) is 20.3 Å². The molecular weight excluding hydrogens is 339 g/mol. The van der Waals surface area contributed by atoms with Gasteiger partial charge in [-0.3, -0.25) is 0 Å². The number of hydrogen-bond acceptors (Lipinski definition) is 5. The molecule has 7 heteroatoms. The lowest BCUT2D eigenvalue weighted by atomic mass is 10.2. The fraction of sp³-hybridized carbons (Fsp3) is 0. The number of aromatic nitrogens is 2. The van der Waals surface area contributed by atoms with Crippen molar-refractivity contribution >= 4 is 57.3 Å². The van der Waals surface area contributed by atoms with Gasteiger partial charge in [-0.05, 0) is 24.9 Å². The first-order valence-electron chi connectivity index (χ1n) is 6.22. The van der Waals surface area contributed by atoms with Crippen LogP contribution in [0.4, 0.5) is 5.82 Å². The van der Waals surface area contributed by atoms with Gasteiger partial charge in [-0.25, -0.2) is 15.0 Å². The molecule has 1 N–H and O–H groups in total. The standard InChI is InChI=1S/C15H10Cl2N4S/c1-8(18-2)20-14-13-11(6-7-19-14)21-15(22-13)12-9(16)4-3-5-10(12)17/h3-7H,1-2H2,(H,19,20). The number of benzene rings is 1. The molecular formula is C15H10Cl2N4S. The molecule has 3 rings (SSSR count). The Labute approximate surface area is 141 Å². The Morgan fingerprint density at radius 2 is 1.95 bits per heavy atom. The van der Waals surface area contributed by atoms with E-state index in [0.717, 1.165) is 20.8 Å². The molecule has 0 spiro atoms. The Morgan fingerprint density at radius 1 is 1.23 bits per heavy atom. The van der Waals surface area contributed by atoms with Crippen LogP contribution in [0.25, 0.3) is 20.8 Å². The fourth-order valence-electron chi connectivity index (χ4n) is 1.93. The van der Waals surface area contributed by atoms with Crippen LogP contribution in [0.2, 0.25) is 10.0 Å². The maximum absolute atomic E-state index is 6.25.